The molecule has 0 aliphatic heterocycles. The van der Waals surface area contributed by atoms with Crippen LogP contribution < -0.4 is 14.8 Å². The van der Waals surface area contributed by atoms with Gasteiger partial charge in [0, 0.05) is 21.9 Å². The summed E-state index contributed by atoms with van der Waals surface area (Å²) in [4.78, 5) is 12.2. The molecule has 2 rings (SSSR count). The third kappa shape index (κ3) is 5.29. The summed E-state index contributed by atoms with van der Waals surface area (Å²) in [5.74, 6) is 1.37. The fraction of sp³-hybridized carbons (Fsp3) is 0.316. The zero-order valence-electron chi connectivity index (χ0n) is 14.8. The number of carbonyl (C=O) groups excluding carboxylic acids is 1. The van der Waals surface area contributed by atoms with Crippen molar-refractivity contribution in [1.82, 2.24) is 5.32 Å². The molecular formula is C19H21ClFNO3S. The van der Waals surface area contributed by atoms with Crippen molar-refractivity contribution in [2.24, 2.45) is 0 Å². The van der Waals surface area contributed by atoms with Gasteiger partial charge >= 0.3 is 0 Å². The number of hydrogen-bond donors (Lipinski definition) is 1. The van der Waals surface area contributed by atoms with E-state index in [0.717, 1.165) is 5.56 Å². The van der Waals surface area contributed by atoms with Crippen molar-refractivity contribution in [2.45, 2.75) is 18.7 Å². The second-order valence-electron chi connectivity index (χ2n) is 5.59. The molecule has 0 fully saturated rings. The Kier molecular flexibility index (Phi) is 7.60. The molecule has 0 spiro atoms. The summed E-state index contributed by atoms with van der Waals surface area (Å²) in [6, 6.07) is 9.72. The lowest BCUT2D eigenvalue weighted by atomic mass is 10.1. The molecule has 7 heteroatoms. The first-order valence-corrected chi connectivity index (χ1v) is 9.51. The average molecular weight is 398 g/mol. The highest BCUT2D eigenvalue weighted by molar-refractivity contribution is 7.99. The van der Waals surface area contributed by atoms with Crippen LogP contribution in [0.3, 0.4) is 0 Å². The fourth-order valence-electron chi connectivity index (χ4n) is 2.45. The Morgan fingerprint density at radius 1 is 1.27 bits per heavy atom. The lowest BCUT2D eigenvalue weighted by Crippen LogP contribution is -2.28. The third-order valence-electron chi connectivity index (χ3n) is 3.82. The van der Waals surface area contributed by atoms with E-state index in [1.165, 1.54) is 17.8 Å². The van der Waals surface area contributed by atoms with Crippen molar-refractivity contribution in [3.8, 4) is 11.5 Å². The van der Waals surface area contributed by atoms with Gasteiger partial charge in [-0.3, -0.25) is 4.79 Å². The van der Waals surface area contributed by atoms with E-state index in [0.29, 0.717) is 27.8 Å². The number of halogens is 2. The van der Waals surface area contributed by atoms with Crippen LogP contribution in [0.1, 0.15) is 24.1 Å². The van der Waals surface area contributed by atoms with E-state index in [1.54, 1.807) is 38.5 Å². The molecule has 0 heterocycles. The maximum atomic E-state index is 13.7. The van der Waals surface area contributed by atoms with Crippen molar-refractivity contribution in [3.63, 3.8) is 0 Å². The summed E-state index contributed by atoms with van der Waals surface area (Å²) in [6.07, 6.45) is 0. The molecule has 26 heavy (non-hydrogen) atoms. The first-order valence-electron chi connectivity index (χ1n) is 7.98. The highest BCUT2D eigenvalue weighted by Crippen LogP contribution is 2.29. The Bertz CT molecular complexity index is 752. The normalized spacial score (nSPS) is 11.7. The van der Waals surface area contributed by atoms with Crippen molar-refractivity contribution in [3.05, 3.63) is 58.4 Å². The number of carbonyl (C=O) groups is 1. The minimum atomic E-state index is -0.361. The number of hydrogen-bond acceptors (Lipinski definition) is 4. The average Bonchev–Trinajstić information content (AvgIpc) is 2.63. The van der Waals surface area contributed by atoms with Gasteiger partial charge in [0.15, 0.2) is 0 Å². The Balaban J connectivity index is 1.93. The second-order valence-corrected chi connectivity index (χ2v) is 6.98. The zero-order chi connectivity index (χ0) is 19.1. The van der Waals surface area contributed by atoms with Crippen LogP contribution in [-0.4, -0.2) is 25.9 Å². The second kappa shape index (κ2) is 9.69. The summed E-state index contributed by atoms with van der Waals surface area (Å²) < 4.78 is 24.3. The van der Waals surface area contributed by atoms with Crippen LogP contribution in [0.4, 0.5) is 4.39 Å². The summed E-state index contributed by atoms with van der Waals surface area (Å²) in [5.41, 5.74) is 1.23. The van der Waals surface area contributed by atoms with Gasteiger partial charge in [-0.15, -0.1) is 11.8 Å². The summed E-state index contributed by atoms with van der Waals surface area (Å²) in [5, 5.41) is 3.28. The maximum absolute atomic E-state index is 13.7. The Hall–Kier alpha value is -1.92. The van der Waals surface area contributed by atoms with Crippen LogP contribution in [0.5, 0.6) is 11.5 Å². The number of thioether (sulfide) groups is 1. The van der Waals surface area contributed by atoms with Gasteiger partial charge in [-0.05, 0) is 37.3 Å². The van der Waals surface area contributed by atoms with Crippen LogP contribution in [0, 0.1) is 5.82 Å². The molecule has 0 radical (unpaired) electrons. The predicted octanol–water partition coefficient (Wildman–Crippen LogP) is 4.61. The molecule has 2 aromatic carbocycles. The van der Waals surface area contributed by atoms with E-state index >= 15 is 0 Å². The van der Waals surface area contributed by atoms with Crippen LogP contribution in [0.2, 0.25) is 5.02 Å². The van der Waals surface area contributed by atoms with Crippen LogP contribution in [-0.2, 0) is 10.5 Å². The topological polar surface area (TPSA) is 47.6 Å². The van der Waals surface area contributed by atoms with Gasteiger partial charge in [-0.2, -0.15) is 0 Å². The molecule has 1 atom stereocenters. The third-order valence-corrected chi connectivity index (χ3v) is 5.14. The van der Waals surface area contributed by atoms with E-state index in [9.17, 15) is 9.18 Å². The Labute approximate surface area is 162 Å². The molecule has 4 nitrogen and oxygen atoms in total. The van der Waals surface area contributed by atoms with E-state index in [-0.39, 0.29) is 23.5 Å². The molecule has 0 aromatic heterocycles. The molecule has 1 N–H and O–H groups in total. The molecular weight excluding hydrogens is 377 g/mol. The van der Waals surface area contributed by atoms with Crippen molar-refractivity contribution < 1.29 is 18.7 Å². The lowest BCUT2D eigenvalue weighted by Gasteiger charge is -2.18. The number of amides is 1. The van der Waals surface area contributed by atoms with Gasteiger partial charge in [-0.1, -0.05) is 17.7 Å². The maximum Gasteiger partial charge on any atom is 0.230 e. The lowest BCUT2D eigenvalue weighted by molar-refractivity contribution is -0.119. The first kappa shape index (κ1) is 20.4. The van der Waals surface area contributed by atoms with Gasteiger partial charge in [0.05, 0.1) is 26.0 Å². The minimum absolute atomic E-state index is 0.153. The summed E-state index contributed by atoms with van der Waals surface area (Å²) >= 11 is 7.30. The van der Waals surface area contributed by atoms with E-state index < -0.39 is 0 Å². The highest BCUT2D eigenvalue weighted by Gasteiger charge is 2.16. The molecule has 0 bridgehead atoms. The van der Waals surface area contributed by atoms with Crippen LogP contribution in [0.15, 0.2) is 36.4 Å². The number of methoxy groups -OCH3 is 2. The van der Waals surface area contributed by atoms with E-state index in [1.807, 2.05) is 13.0 Å². The SMILES string of the molecule is COc1ccc(OC)c([C@H](C)NC(=O)CSCc2c(F)cccc2Cl)c1. The monoisotopic (exact) mass is 397 g/mol. The quantitative estimate of drug-likeness (QED) is 0.706. The van der Waals surface area contributed by atoms with Gasteiger partial charge in [0.25, 0.3) is 0 Å². The molecule has 0 saturated carbocycles. The van der Waals surface area contributed by atoms with Crippen molar-refractivity contribution in [1.29, 1.82) is 0 Å². The minimum Gasteiger partial charge on any atom is -0.497 e. The van der Waals surface area contributed by atoms with E-state index in [2.05, 4.69) is 5.32 Å². The molecule has 140 valence electrons. The van der Waals surface area contributed by atoms with Crippen LogP contribution >= 0.6 is 23.4 Å². The number of rotatable bonds is 8. The highest BCUT2D eigenvalue weighted by atomic mass is 35.5. The number of benzene rings is 2. The fourth-order valence-corrected chi connectivity index (χ4v) is 3.63. The predicted molar refractivity (Wildman–Crippen MR) is 104 cm³/mol. The van der Waals surface area contributed by atoms with Gasteiger partial charge in [0.2, 0.25) is 5.91 Å². The molecule has 0 unspecified atom stereocenters. The molecule has 0 aliphatic rings. The van der Waals surface area contributed by atoms with Crippen molar-refractivity contribution in [2.75, 3.05) is 20.0 Å². The molecule has 0 aliphatic carbocycles. The van der Waals surface area contributed by atoms with Gasteiger partial charge in [-0.25, -0.2) is 4.39 Å². The molecule has 0 saturated heterocycles. The zero-order valence-corrected chi connectivity index (χ0v) is 16.4. The van der Waals surface area contributed by atoms with Gasteiger partial charge in [0.1, 0.15) is 17.3 Å². The number of nitrogens with one attached hydrogen (secondary N) is 1. The van der Waals surface area contributed by atoms with E-state index in [4.69, 9.17) is 21.1 Å². The summed E-state index contributed by atoms with van der Waals surface area (Å²) in [7, 11) is 3.16. The Morgan fingerprint density at radius 2 is 2.04 bits per heavy atom. The largest absolute Gasteiger partial charge is 0.497 e. The molecule has 1 amide bonds. The number of ether oxygens (including phenoxy) is 2. The van der Waals surface area contributed by atoms with Gasteiger partial charge < -0.3 is 14.8 Å². The Morgan fingerprint density at radius 3 is 2.69 bits per heavy atom. The standard InChI is InChI=1S/C19H21ClFNO3S/c1-12(14-9-13(24-2)7-8-18(14)25-3)22-19(23)11-26-10-15-16(20)5-4-6-17(15)21/h4-9,12H,10-11H2,1-3H3,(H,22,23)/t12-/m0/s1. The first-order chi connectivity index (χ1) is 12.5. The smallest absolute Gasteiger partial charge is 0.230 e. The summed E-state index contributed by atoms with van der Waals surface area (Å²) in [6.45, 7) is 1.87. The van der Waals surface area contributed by atoms with Crippen molar-refractivity contribution >= 4 is 29.3 Å². The van der Waals surface area contributed by atoms with Crippen LogP contribution in [0.25, 0.3) is 0 Å². The molecule has 2 aromatic rings.